The van der Waals surface area contributed by atoms with Crippen LogP contribution in [0.25, 0.3) is 0 Å². The third-order valence-corrected chi connectivity index (χ3v) is 3.75. The molecule has 0 aliphatic carbocycles. The smallest absolute Gasteiger partial charge is 0.352 e. The summed E-state index contributed by atoms with van der Waals surface area (Å²) in [6.07, 6.45) is -3.84. The monoisotopic (exact) mass is 344 g/mol. The van der Waals surface area contributed by atoms with Gasteiger partial charge in [-0.15, -0.1) is 12.4 Å². The number of nitrogens with zero attached hydrogens (tertiary/aromatic N) is 1. The molecule has 0 aromatic rings. The van der Waals surface area contributed by atoms with Crippen LogP contribution in [0.1, 0.15) is 12.8 Å². The maximum atomic E-state index is 13.1. The fourth-order valence-corrected chi connectivity index (χ4v) is 2.58. The maximum absolute atomic E-state index is 13.1. The van der Waals surface area contributed by atoms with E-state index in [0.717, 1.165) is 0 Å². The molecule has 2 amide bonds. The first kappa shape index (κ1) is 19.0. The molecule has 6 nitrogen and oxygen atoms in total. The van der Waals surface area contributed by atoms with Crippen molar-refractivity contribution in [1.29, 1.82) is 0 Å². The van der Waals surface area contributed by atoms with E-state index in [1.807, 2.05) is 0 Å². The molecule has 0 bridgehead atoms. The summed E-state index contributed by atoms with van der Waals surface area (Å²) in [6, 6.07) is -2.41. The molecule has 2 heterocycles. The minimum Gasteiger partial charge on any atom is -0.352 e. The number of piperazine rings is 1. The van der Waals surface area contributed by atoms with E-state index in [1.54, 1.807) is 0 Å². The van der Waals surface area contributed by atoms with Gasteiger partial charge >= 0.3 is 6.18 Å². The Labute approximate surface area is 132 Å². The number of carbonyl (C=O) groups excluding carboxylic acids is 2. The number of alkyl halides is 3. The van der Waals surface area contributed by atoms with Gasteiger partial charge < -0.3 is 16.0 Å². The number of carbonyl (C=O) groups is 2. The van der Waals surface area contributed by atoms with E-state index in [1.165, 1.54) is 4.90 Å². The average Bonchev–Trinajstić information content (AvgIpc) is 2.85. The molecule has 2 rings (SSSR count). The van der Waals surface area contributed by atoms with E-state index >= 15 is 0 Å². The minimum atomic E-state index is -4.40. The molecule has 2 aliphatic heterocycles. The first-order chi connectivity index (χ1) is 9.88. The molecule has 2 atom stereocenters. The van der Waals surface area contributed by atoms with Gasteiger partial charge in [0.25, 0.3) is 0 Å². The van der Waals surface area contributed by atoms with E-state index in [2.05, 4.69) is 16.0 Å². The van der Waals surface area contributed by atoms with Crippen molar-refractivity contribution in [2.24, 2.45) is 0 Å². The van der Waals surface area contributed by atoms with Crippen molar-refractivity contribution in [3.05, 3.63) is 0 Å². The SMILES string of the molecule is Cl.O=C1CCC(C(=O)NCC(N2CCNCC2)C(F)(F)F)N1. The van der Waals surface area contributed by atoms with Crippen LogP contribution in [0.4, 0.5) is 13.2 Å². The molecule has 2 unspecified atom stereocenters. The fraction of sp³-hybridized carbons (Fsp3) is 0.833. The summed E-state index contributed by atoms with van der Waals surface area (Å²) < 4.78 is 39.3. The lowest BCUT2D eigenvalue weighted by Gasteiger charge is -2.36. The van der Waals surface area contributed by atoms with Gasteiger partial charge in [-0.3, -0.25) is 14.5 Å². The van der Waals surface area contributed by atoms with E-state index in [4.69, 9.17) is 0 Å². The topological polar surface area (TPSA) is 73.5 Å². The summed E-state index contributed by atoms with van der Waals surface area (Å²) in [5, 5.41) is 7.74. The Kier molecular flexibility index (Phi) is 6.89. The second-order valence-electron chi connectivity index (χ2n) is 5.25. The molecule has 0 saturated carbocycles. The fourth-order valence-electron chi connectivity index (χ4n) is 2.58. The van der Waals surface area contributed by atoms with Crippen LogP contribution in [-0.2, 0) is 9.59 Å². The Morgan fingerprint density at radius 3 is 2.50 bits per heavy atom. The maximum Gasteiger partial charge on any atom is 0.405 e. The number of hydrogen-bond donors (Lipinski definition) is 3. The summed E-state index contributed by atoms with van der Waals surface area (Å²) in [5.74, 6) is -0.796. The number of hydrogen-bond acceptors (Lipinski definition) is 4. The van der Waals surface area contributed by atoms with Gasteiger partial charge in [-0.2, -0.15) is 13.2 Å². The molecule has 0 aromatic heterocycles. The lowest BCUT2D eigenvalue weighted by atomic mass is 10.1. The standard InChI is InChI=1S/C12H19F3N4O2.ClH/c13-12(14,15)9(19-5-3-16-4-6-19)7-17-11(21)8-1-2-10(20)18-8;/h8-9,16H,1-7H2,(H,17,21)(H,18,20);1H. The minimum absolute atomic E-state index is 0. The number of amides is 2. The lowest BCUT2D eigenvalue weighted by molar-refractivity contribution is -0.184. The zero-order valence-electron chi connectivity index (χ0n) is 11.9. The van der Waals surface area contributed by atoms with E-state index in [9.17, 15) is 22.8 Å². The highest BCUT2D eigenvalue weighted by Crippen LogP contribution is 2.24. The second kappa shape index (κ2) is 7.98. The lowest BCUT2D eigenvalue weighted by Crippen LogP contribution is -2.58. The summed E-state index contributed by atoms with van der Waals surface area (Å²) >= 11 is 0. The van der Waals surface area contributed by atoms with Crippen molar-refractivity contribution in [3.8, 4) is 0 Å². The third-order valence-electron chi connectivity index (χ3n) is 3.75. The molecular formula is C12H20ClF3N4O2. The van der Waals surface area contributed by atoms with Crippen molar-refractivity contribution in [1.82, 2.24) is 20.9 Å². The van der Waals surface area contributed by atoms with Crippen molar-refractivity contribution in [2.45, 2.75) is 31.1 Å². The van der Waals surface area contributed by atoms with Crippen LogP contribution in [0.5, 0.6) is 0 Å². The van der Waals surface area contributed by atoms with Gasteiger partial charge in [0.15, 0.2) is 0 Å². The van der Waals surface area contributed by atoms with Gasteiger partial charge in [0.05, 0.1) is 0 Å². The van der Waals surface area contributed by atoms with Crippen LogP contribution in [0.2, 0.25) is 0 Å². The first-order valence-electron chi connectivity index (χ1n) is 6.96. The van der Waals surface area contributed by atoms with Crippen LogP contribution in [0.15, 0.2) is 0 Å². The third kappa shape index (κ3) is 4.99. The van der Waals surface area contributed by atoms with Crippen LogP contribution in [0, 0.1) is 0 Å². The summed E-state index contributed by atoms with van der Waals surface area (Å²) in [5.41, 5.74) is 0. The molecule has 0 radical (unpaired) electrons. The van der Waals surface area contributed by atoms with Gasteiger partial charge in [0.1, 0.15) is 12.1 Å². The Morgan fingerprint density at radius 1 is 1.36 bits per heavy atom. The summed E-state index contributed by atoms with van der Waals surface area (Å²) in [4.78, 5) is 24.1. The molecule has 0 aromatic carbocycles. The molecular weight excluding hydrogens is 325 g/mol. The molecule has 22 heavy (non-hydrogen) atoms. The van der Waals surface area contributed by atoms with Gasteiger partial charge in [-0.25, -0.2) is 0 Å². The van der Waals surface area contributed by atoms with Gasteiger partial charge in [0, 0.05) is 39.1 Å². The zero-order chi connectivity index (χ0) is 15.5. The van der Waals surface area contributed by atoms with E-state index < -0.39 is 30.7 Å². The van der Waals surface area contributed by atoms with Crippen molar-refractivity contribution in [2.75, 3.05) is 32.7 Å². The quantitative estimate of drug-likeness (QED) is 0.651. The molecule has 2 aliphatic rings. The van der Waals surface area contributed by atoms with Gasteiger partial charge in [-0.1, -0.05) is 0 Å². The van der Waals surface area contributed by atoms with Crippen LogP contribution < -0.4 is 16.0 Å². The van der Waals surface area contributed by atoms with Gasteiger partial charge in [-0.05, 0) is 6.42 Å². The highest BCUT2D eigenvalue weighted by molar-refractivity contribution is 5.90. The normalized spacial score (nSPS) is 24.3. The zero-order valence-corrected chi connectivity index (χ0v) is 12.7. The second-order valence-corrected chi connectivity index (χ2v) is 5.25. The van der Waals surface area contributed by atoms with Gasteiger partial charge in [0.2, 0.25) is 11.8 Å². The van der Waals surface area contributed by atoms with E-state index in [0.29, 0.717) is 32.6 Å². The van der Waals surface area contributed by atoms with Crippen molar-refractivity contribution in [3.63, 3.8) is 0 Å². The van der Waals surface area contributed by atoms with Crippen molar-refractivity contribution >= 4 is 24.2 Å². The van der Waals surface area contributed by atoms with Crippen LogP contribution in [0.3, 0.4) is 0 Å². The molecule has 2 saturated heterocycles. The summed E-state index contributed by atoms with van der Waals surface area (Å²) in [7, 11) is 0. The first-order valence-corrected chi connectivity index (χ1v) is 6.96. The molecule has 128 valence electrons. The number of halogens is 4. The number of rotatable bonds is 4. The largest absolute Gasteiger partial charge is 0.405 e. The average molecular weight is 345 g/mol. The van der Waals surface area contributed by atoms with Crippen LogP contribution in [-0.4, -0.2) is 67.7 Å². The van der Waals surface area contributed by atoms with E-state index in [-0.39, 0.29) is 24.7 Å². The molecule has 3 N–H and O–H groups in total. The molecule has 2 fully saturated rings. The summed E-state index contributed by atoms with van der Waals surface area (Å²) in [6.45, 7) is 1.09. The predicted molar refractivity (Wildman–Crippen MR) is 75.7 cm³/mol. The van der Waals surface area contributed by atoms with Crippen molar-refractivity contribution < 1.29 is 22.8 Å². The highest BCUT2D eigenvalue weighted by atomic mass is 35.5. The predicted octanol–water partition coefficient (Wildman–Crippen LogP) is -0.361. The number of nitrogens with one attached hydrogen (secondary N) is 3. The Hall–Kier alpha value is -1.06. The van der Waals surface area contributed by atoms with Crippen LogP contribution >= 0.6 is 12.4 Å². The molecule has 0 spiro atoms. The highest BCUT2D eigenvalue weighted by Gasteiger charge is 2.44. The Morgan fingerprint density at radius 2 is 2.00 bits per heavy atom. The Bertz CT molecular complexity index is 402. The Balaban J connectivity index is 0.00000242. The molecule has 10 heteroatoms.